The van der Waals surface area contributed by atoms with Gasteiger partial charge in [0.1, 0.15) is 27.9 Å². The van der Waals surface area contributed by atoms with Crippen molar-refractivity contribution in [2.24, 2.45) is 0 Å². The first-order valence-corrected chi connectivity index (χ1v) is 8.72. The number of amides is 1. The molecule has 9 heteroatoms. The lowest BCUT2D eigenvalue weighted by Gasteiger charge is -2.29. The molecule has 0 aliphatic carbocycles. The van der Waals surface area contributed by atoms with Crippen molar-refractivity contribution < 1.29 is 27.8 Å². The number of carbonyl (C=O) groups is 1. The molecule has 1 aromatic heterocycles. The van der Waals surface area contributed by atoms with Gasteiger partial charge in [-0.1, -0.05) is 41.9 Å². The van der Waals surface area contributed by atoms with Crippen LogP contribution >= 0.6 is 11.6 Å². The van der Waals surface area contributed by atoms with E-state index < -0.39 is 23.4 Å². The number of aromatic hydroxyl groups is 1. The molecule has 1 amide bonds. The number of nitrogens with one attached hydrogen (secondary N) is 1. The number of nitrogens with zero attached hydrogens (tertiary/aromatic N) is 1. The number of aromatic nitrogens is 1. The number of carbonyl (C=O) groups excluding carboxylic acids is 1. The topological polar surface area (TPSA) is 71.5 Å². The number of ether oxygens (including phenoxy) is 1. The van der Waals surface area contributed by atoms with Crippen LogP contribution in [0.5, 0.6) is 11.5 Å². The van der Waals surface area contributed by atoms with Gasteiger partial charge in [0.2, 0.25) is 5.91 Å². The van der Waals surface area contributed by atoms with E-state index in [1.165, 1.54) is 30.3 Å². The van der Waals surface area contributed by atoms with Crippen LogP contribution in [0.1, 0.15) is 16.7 Å². The first kappa shape index (κ1) is 19.1. The van der Waals surface area contributed by atoms with E-state index in [4.69, 9.17) is 11.6 Å². The number of phenols is 1. The second-order valence-electron chi connectivity index (χ2n) is 6.35. The van der Waals surface area contributed by atoms with E-state index in [1.807, 2.05) is 0 Å². The van der Waals surface area contributed by atoms with Gasteiger partial charge in [-0.15, -0.1) is 13.2 Å². The molecular formula is C20H12ClF3N2O3. The van der Waals surface area contributed by atoms with Crippen molar-refractivity contribution in [1.29, 1.82) is 0 Å². The maximum Gasteiger partial charge on any atom is 0.573 e. The van der Waals surface area contributed by atoms with Crippen LogP contribution in [-0.4, -0.2) is 22.4 Å². The van der Waals surface area contributed by atoms with Crippen LogP contribution < -0.4 is 10.1 Å². The lowest BCUT2D eigenvalue weighted by Crippen LogP contribution is -2.37. The highest BCUT2D eigenvalue weighted by molar-refractivity contribution is 6.29. The average Bonchev–Trinajstić information content (AvgIpc) is 2.93. The van der Waals surface area contributed by atoms with Gasteiger partial charge in [0.05, 0.1) is 0 Å². The Hall–Kier alpha value is -3.26. The predicted molar refractivity (Wildman–Crippen MR) is 99.0 cm³/mol. The molecule has 1 unspecified atom stereocenters. The minimum atomic E-state index is -4.83. The normalized spacial score (nSPS) is 18.3. The van der Waals surface area contributed by atoms with E-state index in [-0.39, 0.29) is 16.7 Å². The number of fused-ring (bicyclic) bond motifs is 1. The lowest BCUT2D eigenvalue weighted by molar-refractivity contribution is -0.274. The Morgan fingerprint density at radius 2 is 1.55 bits per heavy atom. The second kappa shape index (κ2) is 6.66. The molecule has 1 atom stereocenters. The fourth-order valence-electron chi connectivity index (χ4n) is 3.51. The van der Waals surface area contributed by atoms with Crippen LogP contribution in [0.15, 0.2) is 60.7 Å². The van der Waals surface area contributed by atoms with Crippen molar-refractivity contribution in [3.8, 4) is 11.5 Å². The van der Waals surface area contributed by atoms with Crippen LogP contribution in [0.2, 0.25) is 5.15 Å². The van der Waals surface area contributed by atoms with Gasteiger partial charge in [0, 0.05) is 5.56 Å². The number of anilines is 1. The molecule has 2 heterocycles. The molecule has 0 bridgehead atoms. The Morgan fingerprint density at radius 1 is 0.966 bits per heavy atom. The lowest BCUT2D eigenvalue weighted by atomic mass is 9.70. The van der Waals surface area contributed by atoms with E-state index in [0.29, 0.717) is 16.7 Å². The Kier molecular flexibility index (Phi) is 4.38. The standard InChI is InChI=1S/C20H12ClF3N2O3/c21-16-10-9-15-17(25-16)26-18(28)19(15,11-1-5-13(27)6-2-11)12-3-7-14(8-4-12)29-20(22,23)24/h1-10,27H,(H,25,26,28). The first-order chi connectivity index (χ1) is 13.7. The summed E-state index contributed by atoms with van der Waals surface area (Å²) in [4.78, 5) is 17.3. The third-order valence-corrected chi connectivity index (χ3v) is 4.87. The molecule has 0 radical (unpaired) electrons. The minimum absolute atomic E-state index is 0.00526. The van der Waals surface area contributed by atoms with Crippen LogP contribution in [0, 0.1) is 0 Å². The molecule has 4 rings (SSSR count). The average molecular weight is 421 g/mol. The summed E-state index contributed by atoms with van der Waals surface area (Å²) in [6.45, 7) is 0. The Bertz CT molecular complexity index is 1090. The summed E-state index contributed by atoms with van der Waals surface area (Å²) in [5.74, 6) is -0.593. The van der Waals surface area contributed by atoms with Gasteiger partial charge in [-0.3, -0.25) is 4.79 Å². The third kappa shape index (κ3) is 3.25. The molecule has 0 spiro atoms. The van der Waals surface area contributed by atoms with Crippen molar-refractivity contribution >= 4 is 23.3 Å². The van der Waals surface area contributed by atoms with Gasteiger partial charge in [-0.05, 0) is 41.5 Å². The van der Waals surface area contributed by atoms with Gasteiger partial charge >= 0.3 is 6.36 Å². The van der Waals surface area contributed by atoms with Gasteiger partial charge in [0.25, 0.3) is 0 Å². The highest BCUT2D eigenvalue weighted by Gasteiger charge is 2.50. The molecule has 1 aliphatic rings. The fourth-order valence-corrected chi connectivity index (χ4v) is 3.66. The molecule has 2 N–H and O–H groups in total. The van der Waals surface area contributed by atoms with Crippen molar-refractivity contribution in [1.82, 2.24) is 4.98 Å². The zero-order valence-corrected chi connectivity index (χ0v) is 15.3. The quantitative estimate of drug-likeness (QED) is 0.606. The van der Waals surface area contributed by atoms with Gasteiger partial charge in [-0.25, -0.2) is 4.98 Å². The molecule has 0 saturated heterocycles. The SMILES string of the molecule is O=C1Nc2nc(Cl)ccc2C1(c1ccc(O)cc1)c1ccc(OC(F)(F)F)cc1. The van der Waals surface area contributed by atoms with E-state index in [1.54, 1.807) is 18.2 Å². The number of benzene rings is 2. The molecule has 5 nitrogen and oxygen atoms in total. The third-order valence-electron chi connectivity index (χ3n) is 4.66. The minimum Gasteiger partial charge on any atom is -0.508 e. The van der Waals surface area contributed by atoms with Crippen LogP contribution in [0.25, 0.3) is 0 Å². The number of alkyl halides is 3. The van der Waals surface area contributed by atoms with E-state index in [0.717, 1.165) is 12.1 Å². The van der Waals surface area contributed by atoms with Gasteiger partial charge in [0.15, 0.2) is 0 Å². The Morgan fingerprint density at radius 3 is 2.14 bits per heavy atom. The zero-order valence-electron chi connectivity index (χ0n) is 14.5. The molecule has 3 aromatic rings. The Balaban J connectivity index is 1.92. The van der Waals surface area contributed by atoms with Crippen LogP contribution in [0.3, 0.4) is 0 Å². The summed E-state index contributed by atoms with van der Waals surface area (Å²) < 4.78 is 41.4. The summed E-state index contributed by atoms with van der Waals surface area (Å²) >= 11 is 5.94. The molecular weight excluding hydrogens is 409 g/mol. The van der Waals surface area contributed by atoms with Gasteiger partial charge in [-0.2, -0.15) is 0 Å². The summed E-state index contributed by atoms with van der Waals surface area (Å²) in [5, 5.41) is 12.5. The molecule has 0 saturated carbocycles. The summed E-state index contributed by atoms with van der Waals surface area (Å²) in [6.07, 6.45) is -4.83. The largest absolute Gasteiger partial charge is 0.573 e. The number of halogens is 4. The van der Waals surface area contributed by atoms with E-state index in [9.17, 15) is 23.1 Å². The molecule has 29 heavy (non-hydrogen) atoms. The smallest absolute Gasteiger partial charge is 0.508 e. The molecule has 1 aliphatic heterocycles. The Labute approximate surface area is 167 Å². The summed E-state index contributed by atoms with van der Waals surface area (Å²) in [5.41, 5.74) is -0.00229. The van der Waals surface area contributed by atoms with Crippen LogP contribution in [0.4, 0.5) is 19.0 Å². The maximum absolute atomic E-state index is 13.2. The number of hydrogen-bond acceptors (Lipinski definition) is 4. The van der Waals surface area contributed by atoms with Crippen molar-refractivity contribution in [2.75, 3.05) is 5.32 Å². The predicted octanol–water partition coefficient (Wildman–Crippen LogP) is 4.63. The maximum atomic E-state index is 13.2. The molecule has 2 aromatic carbocycles. The van der Waals surface area contributed by atoms with Gasteiger partial charge < -0.3 is 15.2 Å². The number of hydrogen-bond donors (Lipinski definition) is 2. The van der Waals surface area contributed by atoms with E-state index >= 15 is 0 Å². The fraction of sp³-hybridized carbons (Fsp3) is 0.100. The number of phenolic OH excluding ortho intramolecular Hbond substituents is 1. The monoisotopic (exact) mass is 420 g/mol. The zero-order chi connectivity index (χ0) is 20.8. The molecule has 148 valence electrons. The summed E-state index contributed by atoms with van der Waals surface area (Å²) in [6, 6.07) is 14.2. The number of rotatable bonds is 3. The van der Waals surface area contributed by atoms with Crippen LogP contribution in [-0.2, 0) is 10.2 Å². The molecule has 0 fully saturated rings. The van der Waals surface area contributed by atoms with Crippen molar-refractivity contribution in [3.05, 3.63) is 82.5 Å². The van der Waals surface area contributed by atoms with Crippen molar-refractivity contribution in [3.63, 3.8) is 0 Å². The number of pyridine rings is 1. The highest BCUT2D eigenvalue weighted by Crippen LogP contribution is 2.47. The first-order valence-electron chi connectivity index (χ1n) is 8.34. The van der Waals surface area contributed by atoms with Crippen molar-refractivity contribution in [2.45, 2.75) is 11.8 Å². The summed E-state index contributed by atoms with van der Waals surface area (Å²) in [7, 11) is 0. The highest BCUT2D eigenvalue weighted by atomic mass is 35.5. The second-order valence-corrected chi connectivity index (χ2v) is 6.74. The van der Waals surface area contributed by atoms with E-state index in [2.05, 4.69) is 15.0 Å².